The van der Waals surface area contributed by atoms with Crippen molar-refractivity contribution in [2.45, 2.75) is 13.8 Å². The molecule has 6 nitrogen and oxygen atoms in total. The van der Waals surface area contributed by atoms with Crippen LogP contribution in [0, 0.1) is 21.4 Å². The predicted octanol–water partition coefficient (Wildman–Crippen LogP) is 2.24. The number of aromatic nitrogens is 1. The lowest BCUT2D eigenvalue weighted by Gasteiger charge is -2.04. The van der Waals surface area contributed by atoms with Crippen molar-refractivity contribution in [3.63, 3.8) is 0 Å². The van der Waals surface area contributed by atoms with Crippen molar-refractivity contribution in [2.75, 3.05) is 11.9 Å². The Kier molecular flexibility index (Phi) is 4.17. The fourth-order valence-electron chi connectivity index (χ4n) is 1.13. The second kappa shape index (κ2) is 5.61. The van der Waals surface area contributed by atoms with Gasteiger partial charge in [-0.3, -0.25) is 10.1 Å². The van der Waals surface area contributed by atoms with Crippen LogP contribution < -0.4 is 5.32 Å². The first-order valence-electron chi connectivity index (χ1n) is 4.96. The topological polar surface area (TPSA) is 91.8 Å². The van der Waals surface area contributed by atoms with E-state index >= 15 is 0 Å². The van der Waals surface area contributed by atoms with Crippen LogP contribution in [0.3, 0.4) is 0 Å². The van der Waals surface area contributed by atoms with E-state index in [1.807, 2.05) is 26.0 Å². The van der Waals surface area contributed by atoms with Crippen molar-refractivity contribution >= 4 is 11.5 Å². The zero-order valence-corrected chi connectivity index (χ0v) is 9.60. The van der Waals surface area contributed by atoms with Gasteiger partial charge in [0.25, 0.3) is 5.69 Å². The van der Waals surface area contributed by atoms with Crippen LogP contribution in [0.1, 0.15) is 19.4 Å². The molecule has 0 atom stereocenters. The molecule has 1 heterocycles. The number of nitro groups is 1. The van der Waals surface area contributed by atoms with Crippen molar-refractivity contribution < 1.29 is 4.92 Å². The van der Waals surface area contributed by atoms with Crippen LogP contribution in [0.2, 0.25) is 0 Å². The van der Waals surface area contributed by atoms with E-state index in [9.17, 15) is 10.1 Å². The number of hydrogen-bond donors (Lipinski definition) is 1. The van der Waals surface area contributed by atoms with Gasteiger partial charge in [-0.1, -0.05) is 11.6 Å². The zero-order chi connectivity index (χ0) is 12.8. The molecule has 0 bridgehead atoms. The summed E-state index contributed by atoms with van der Waals surface area (Å²) < 4.78 is 0. The van der Waals surface area contributed by atoms with Gasteiger partial charge in [0.1, 0.15) is 23.6 Å². The molecule has 0 aliphatic carbocycles. The minimum atomic E-state index is -0.576. The Morgan fingerprint density at radius 3 is 2.94 bits per heavy atom. The monoisotopic (exact) mass is 232 g/mol. The average Bonchev–Trinajstić information content (AvgIpc) is 2.28. The SMILES string of the molecule is CC(C)=CCNc1ncc([N+](=O)[O-])cc1C#N. The number of pyridine rings is 1. The van der Waals surface area contributed by atoms with Gasteiger partial charge in [-0.25, -0.2) is 4.98 Å². The third-order valence-corrected chi connectivity index (χ3v) is 1.98. The Labute approximate surface area is 98.7 Å². The van der Waals surface area contributed by atoms with Crippen LogP contribution in [-0.4, -0.2) is 16.5 Å². The minimum absolute atomic E-state index is 0.168. The highest BCUT2D eigenvalue weighted by Crippen LogP contribution is 2.17. The molecule has 0 fully saturated rings. The van der Waals surface area contributed by atoms with Crippen LogP contribution >= 0.6 is 0 Å². The second-order valence-electron chi connectivity index (χ2n) is 3.62. The number of rotatable bonds is 4. The Morgan fingerprint density at radius 1 is 1.71 bits per heavy atom. The van der Waals surface area contributed by atoms with Gasteiger partial charge in [0.15, 0.2) is 0 Å². The van der Waals surface area contributed by atoms with Crippen LogP contribution in [0.15, 0.2) is 23.9 Å². The van der Waals surface area contributed by atoms with E-state index in [0.29, 0.717) is 12.4 Å². The molecule has 0 saturated carbocycles. The first-order valence-corrected chi connectivity index (χ1v) is 4.96. The molecule has 0 spiro atoms. The lowest BCUT2D eigenvalue weighted by molar-refractivity contribution is -0.385. The van der Waals surface area contributed by atoms with Crippen LogP contribution in [0.4, 0.5) is 11.5 Å². The summed E-state index contributed by atoms with van der Waals surface area (Å²) in [6.07, 6.45) is 3.07. The third-order valence-electron chi connectivity index (χ3n) is 1.98. The van der Waals surface area contributed by atoms with Gasteiger partial charge in [-0.15, -0.1) is 0 Å². The zero-order valence-electron chi connectivity index (χ0n) is 9.60. The Morgan fingerprint density at radius 2 is 2.41 bits per heavy atom. The first-order chi connectivity index (χ1) is 8.04. The van der Waals surface area contributed by atoms with Crippen LogP contribution in [-0.2, 0) is 0 Å². The third kappa shape index (κ3) is 3.57. The molecule has 6 heteroatoms. The number of allylic oxidation sites excluding steroid dienone is 1. The summed E-state index contributed by atoms with van der Waals surface area (Å²) >= 11 is 0. The number of nitrogens with zero attached hydrogens (tertiary/aromatic N) is 3. The van der Waals surface area contributed by atoms with Crippen LogP contribution in [0.5, 0.6) is 0 Å². The maximum absolute atomic E-state index is 10.5. The quantitative estimate of drug-likeness (QED) is 0.488. The van der Waals surface area contributed by atoms with E-state index in [-0.39, 0.29) is 11.3 Å². The van der Waals surface area contributed by atoms with E-state index in [4.69, 9.17) is 5.26 Å². The van der Waals surface area contributed by atoms with Crippen LogP contribution in [0.25, 0.3) is 0 Å². The van der Waals surface area contributed by atoms with Gasteiger partial charge in [-0.2, -0.15) is 5.26 Å². The van der Waals surface area contributed by atoms with E-state index < -0.39 is 4.92 Å². The van der Waals surface area contributed by atoms with Gasteiger partial charge in [0.05, 0.1) is 4.92 Å². The summed E-state index contributed by atoms with van der Waals surface area (Å²) in [4.78, 5) is 13.8. The van der Waals surface area contributed by atoms with Crippen molar-refractivity contribution in [3.8, 4) is 6.07 Å². The van der Waals surface area contributed by atoms with Gasteiger partial charge in [0, 0.05) is 12.6 Å². The fraction of sp³-hybridized carbons (Fsp3) is 0.273. The number of hydrogen-bond acceptors (Lipinski definition) is 5. The normalized spacial score (nSPS) is 9.24. The molecule has 17 heavy (non-hydrogen) atoms. The Bertz CT molecular complexity index is 499. The Balaban J connectivity index is 2.90. The molecule has 1 rings (SSSR count). The average molecular weight is 232 g/mol. The molecule has 1 aromatic rings. The highest BCUT2D eigenvalue weighted by atomic mass is 16.6. The molecule has 0 amide bonds. The predicted molar refractivity (Wildman–Crippen MR) is 63.5 cm³/mol. The van der Waals surface area contributed by atoms with E-state index in [1.165, 1.54) is 6.07 Å². The fourth-order valence-corrected chi connectivity index (χ4v) is 1.13. The molecule has 0 unspecified atom stereocenters. The lowest BCUT2D eigenvalue weighted by Crippen LogP contribution is -2.04. The van der Waals surface area contributed by atoms with Gasteiger partial charge in [-0.05, 0) is 13.8 Å². The van der Waals surface area contributed by atoms with Crippen molar-refractivity contribution in [3.05, 3.63) is 39.6 Å². The van der Waals surface area contributed by atoms with Crippen molar-refractivity contribution in [2.24, 2.45) is 0 Å². The molecule has 1 aromatic heterocycles. The Hall–Kier alpha value is -2.42. The molecule has 0 radical (unpaired) electrons. The maximum atomic E-state index is 10.5. The van der Waals surface area contributed by atoms with Gasteiger partial charge in [0.2, 0.25) is 0 Å². The molecule has 88 valence electrons. The largest absolute Gasteiger partial charge is 0.365 e. The van der Waals surface area contributed by atoms with Gasteiger partial charge >= 0.3 is 0 Å². The summed E-state index contributed by atoms with van der Waals surface area (Å²) in [5.74, 6) is 0.357. The second-order valence-corrected chi connectivity index (χ2v) is 3.62. The summed E-state index contributed by atoms with van der Waals surface area (Å²) in [7, 11) is 0. The molecule has 0 saturated heterocycles. The highest BCUT2D eigenvalue weighted by molar-refractivity contribution is 5.55. The van der Waals surface area contributed by atoms with E-state index in [2.05, 4.69) is 10.3 Å². The van der Waals surface area contributed by atoms with E-state index in [0.717, 1.165) is 11.8 Å². The summed E-state index contributed by atoms with van der Waals surface area (Å²) in [5.41, 5.74) is 1.12. The molecule has 1 N–H and O–H groups in total. The van der Waals surface area contributed by atoms with Crippen molar-refractivity contribution in [1.82, 2.24) is 4.98 Å². The molecule has 0 aliphatic rings. The standard InChI is InChI=1S/C11H12N4O2/c1-8(2)3-4-13-11-9(6-12)5-10(7-14-11)15(16)17/h3,5,7H,4H2,1-2H3,(H,13,14). The molecular weight excluding hydrogens is 220 g/mol. The number of nitrogens with one attached hydrogen (secondary N) is 1. The molecule has 0 aromatic carbocycles. The number of anilines is 1. The summed E-state index contributed by atoms with van der Waals surface area (Å²) in [6, 6.07) is 3.09. The molecule has 0 aliphatic heterocycles. The maximum Gasteiger partial charge on any atom is 0.289 e. The molecular formula is C11H12N4O2. The minimum Gasteiger partial charge on any atom is -0.365 e. The lowest BCUT2D eigenvalue weighted by atomic mass is 10.2. The number of nitriles is 1. The first kappa shape index (κ1) is 12.6. The smallest absolute Gasteiger partial charge is 0.289 e. The summed E-state index contributed by atoms with van der Waals surface area (Å²) in [6.45, 7) is 4.44. The van der Waals surface area contributed by atoms with Gasteiger partial charge < -0.3 is 5.32 Å². The van der Waals surface area contributed by atoms with E-state index in [1.54, 1.807) is 0 Å². The summed E-state index contributed by atoms with van der Waals surface area (Å²) in [5, 5.41) is 22.3. The highest BCUT2D eigenvalue weighted by Gasteiger charge is 2.11. The van der Waals surface area contributed by atoms with Crippen molar-refractivity contribution in [1.29, 1.82) is 5.26 Å².